The fourth-order valence-electron chi connectivity index (χ4n) is 1.95. The van der Waals surface area contributed by atoms with E-state index in [2.05, 4.69) is 5.32 Å². The van der Waals surface area contributed by atoms with Crippen LogP contribution in [-0.4, -0.2) is 19.2 Å². The largest absolute Gasteiger partial charge is 0.485 e. The number of benzene rings is 2. The van der Waals surface area contributed by atoms with E-state index < -0.39 is 0 Å². The van der Waals surface area contributed by atoms with Crippen LogP contribution in [0.2, 0.25) is 5.02 Å². The molecule has 0 unspecified atom stereocenters. The van der Waals surface area contributed by atoms with Crippen LogP contribution in [0.5, 0.6) is 11.5 Å². The summed E-state index contributed by atoms with van der Waals surface area (Å²) in [6.45, 7) is 2.25. The van der Waals surface area contributed by atoms with E-state index in [0.717, 1.165) is 24.4 Å². The maximum absolute atomic E-state index is 6.03. The van der Waals surface area contributed by atoms with Gasteiger partial charge in [0.05, 0.1) is 0 Å². The first-order valence-electron chi connectivity index (χ1n) is 6.65. The van der Waals surface area contributed by atoms with Gasteiger partial charge in [-0.15, -0.1) is 0 Å². The van der Waals surface area contributed by atoms with Crippen molar-refractivity contribution in [1.29, 1.82) is 0 Å². The molecule has 3 rings (SSSR count). The first-order chi connectivity index (χ1) is 9.81. The molecule has 0 bridgehead atoms. The molecule has 2 aromatic carbocycles. The number of halogens is 1. The second-order valence-electron chi connectivity index (χ2n) is 4.76. The Morgan fingerprint density at radius 1 is 1.05 bits per heavy atom. The predicted molar refractivity (Wildman–Crippen MR) is 79.5 cm³/mol. The maximum Gasteiger partial charge on any atom is 0.163 e. The van der Waals surface area contributed by atoms with E-state index in [1.54, 1.807) is 6.07 Å². The highest BCUT2D eigenvalue weighted by molar-refractivity contribution is 6.30. The molecule has 0 aromatic heterocycles. The molecule has 0 spiro atoms. The van der Waals surface area contributed by atoms with Gasteiger partial charge in [-0.3, -0.25) is 0 Å². The van der Waals surface area contributed by atoms with Gasteiger partial charge in [0.15, 0.2) is 11.5 Å². The number of nitrogens with one attached hydrogen (secondary N) is 1. The Labute approximate surface area is 123 Å². The average Bonchev–Trinajstić information content (AvgIpc) is 2.43. The summed E-state index contributed by atoms with van der Waals surface area (Å²) < 4.78 is 11.7. The van der Waals surface area contributed by atoms with Crippen molar-refractivity contribution < 1.29 is 9.47 Å². The molecule has 1 fully saturated rings. The highest BCUT2D eigenvalue weighted by Gasteiger charge is 2.20. The van der Waals surface area contributed by atoms with Crippen LogP contribution in [0.1, 0.15) is 5.56 Å². The van der Waals surface area contributed by atoms with Gasteiger partial charge in [-0.25, -0.2) is 0 Å². The molecule has 1 saturated heterocycles. The molecule has 1 aliphatic heterocycles. The van der Waals surface area contributed by atoms with Crippen molar-refractivity contribution in [3.8, 4) is 11.5 Å². The van der Waals surface area contributed by atoms with Crippen molar-refractivity contribution in [3.05, 3.63) is 59.1 Å². The lowest BCUT2D eigenvalue weighted by molar-refractivity contribution is 0.134. The standard InChI is InChI=1S/C16H16ClNO2/c17-13-6-7-15(16(8-13)20-14-9-18-10-14)19-11-12-4-2-1-3-5-12/h1-8,14,18H,9-11H2. The molecular weight excluding hydrogens is 274 g/mol. The molecule has 1 aliphatic rings. The van der Waals surface area contributed by atoms with Gasteiger partial charge in [0.25, 0.3) is 0 Å². The van der Waals surface area contributed by atoms with Crippen LogP contribution in [0.25, 0.3) is 0 Å². The zero-order valence-corrected chi connectivity index (χ0v) is 11.8. The van der Waals surface area contributed by atoms with Crippen LogP contribution in [0.3, 0.4) is 0 Å². The fourth-order valence-corrected chi connectivity index (χ4v) is 2.12. The molecule has 4 heteroatoms. The van der Waals surface area contributed by atoms with E-state index in [1.807, 2.05) is 42.5 Å². The van der Waals surface area contributed by atoms with Gasteiger partial charge in [0.2, 0.25) is 0 Å². The van der Waals surface area contributed by atoms with E-state index in [0.29, 0.717) is 17.4 Å². The molecule has 2 aromatic rings. The van der Waals surface area contributed by atoms with Crippen molar-refractivity contribution in [1.82, 2.24) is 5.32 Å². The van der Waals surface area contributed by atoms with E-state index in [1.165, 1.54) is 0 Å². The molecule has 0 aliphatic carbocycles. The Hall–Kier alpha value is -1.71. The van der Waals surface area contributed by atoms with Gasteiger partial charge in [0, 0.05) is 24.2 Å². The average molecular weight is 290 g/mol. The van der Waals surface area contributed by atoms with Crippen LogP contribution >= 0.6 is 11.6 Å². The van der Waals surface area contributed by atoms with Gasteiger partial charge < -0.3 is 14.8 Å². The summed E-state index contributed by atoms with van der Waals surface area (Å²) in [5, 5.41) is 3.83. The first kappa shape index (κ1) is 13.3. The van der Waals surface area contributed by atoms with Crippen LogP contribution < -0.4 is 14.8 Å². The van der Waals surface area contributed by atoms with Gasteiger partial charge in [-0.1, -0.05) is 41.9 Å². The Morgan fingerprint density at radius 3 is 2.55 bits per heavy atom. The van der Waals surface area contributed by atoms with Crippen LogP contribution in [-0.2, 0) is 6.61 Å². The number of hydrogen-bond donors (Lipinski definition) is 1. The molecule has 104 valence electrons. The van der Waals surface area contributed by atoms with Crippen molar-refractivity contribution in [2.45, 2.75) is 12.7 Å². The SMILES string of the molecule is Clc1ccc(OCc2ccccc2)c(OC2CNC2)c1. The molecule has 0 saturated carbocycles. The molecule has 3 nitrogen and oxygen atoms in total. The van der Waals surface area contributed by atoms with Crippen LogP contribution in [0.15, 0.2) is 48.5 Å². The smallest absolute Gasteiger partial charge is 0.163 e. The van der Waals surface area contributed by atoms with Gasteiger partial charge in [-0.05, 0) is 17.7 Å². The molecule has 0 amide bonds. The van der Waals surface area contributed by atoms with E-state index in [9.17, 15) is 0 Å². The summed E-state index contributed by atoms with van der Waals surface area (Å²) in [6.07, 6.45) is 0.201. The van der Waals surface area contributed by atoms with E-state index in [-0.39, 0.29) is 6.10 Å². The number of hydrogen-bond acceptors (Lipinski definition) is 3. The Morgan fingerprint density at radius 2 is 1.85 bits per heavy atom. The van der Waals surface area contributed by atoms with Gasteiger partial charge >= 0.3 is 0 Å². The van der Waals surface area contributed by atoms with Crippen molar-refractivity contribution >= 4 is 11.6 Å². The summed E-state index contributed by atoms with van der Waals surface area (Å²) >= 11 is 6.03. The topological polar surface area (TPSA) is 30.5 Å². The molecular formula is C16H16ClNO2. The minimum atomic E-state index is 0.201. The summed E-state index contributed by atoms with van der Waals surface area (Å²) in [5.41, 5.74) is 1.12. The third kappa shape index (κ3) is 3.24. The van der Waals surface area contributed by atoms with Crippen LogP contribution in [0, 0.1) is 0 Å². The predicted octanol–water partition coefficient (Wildman–Crippen LogP) is 3.27. The minimum Gasteiger partial charge on any atom is -0.485 e. The molecule has 20 heavy (non-hydrogen) atoms. The summed E-state index contributed by atoms with van der Waals surface area (Å²) in [6, 6.07) is 15.5. The maximum atomic E-state index is 6.03. The lowest BCUT2D eigenvalue weighted by Crippen LogP contribution is -2.50. The number of ether oxygens (including phenoxy) is 2. The van der Waals surface area contributed by atoms with Crippen LogP contribution in [0.4, 0.5) is 0 Å². The molecule has 0 radical (unpaired) electrons. The van der Waals surface area contributed by atoms with Crippen molar-refractivity contribution in [2.75, 3.05) is 13.1 Å². The first-order valence-corrected chi connectivity index (χ1v) is 7.03. The highest BCUT2D eigenvalue weighted by atomic mass is 35.5. The third-order valence-electron chi connectivity index (χ3n) is 3.18. The second kappa shape index (κ2) is 6.16. The third-order valence-corrected chi connectivity index (χ3v) is 3.42. The quantitative estimate of drug-likeness (QED) is 0.916. The molecule has 0 atom stereocenters. The Balaban J connectivity index is 1.71. The zero-order valence-electron chi connectivity index (χ0n) is 11.0. The fraction of sp³-hybridized carbons (Fsp3) is 0.250. The Bertz CT molecular complexity index is 570. The Kier molecular flexibility index (Phi) is 4.09. The normalized spacial score (nSPS) is 14.7. The highest BCUT2D eigenvalue weighted by Crippen LogP contribution is 2.32. The summed E-state index contributed by atoms with van der Waals surface area (Å²) in [4.78, 5) is 0. The molecule has 1 N–H and O–H groups in total. The van der Waals surface area contributed by atoms with E-state index in [4.69, 9.17) is 21.1 Å². The summed E-state index contributed by atoms with van der Waals surface area (Å²) in [5.74, 6) is 1.44. The molecule has 1 heterocycles. The lowest BCUT2D eigenvalue weighted by atomic mass is 10.2. The monoisotopic (exact) mass is 289 g/mol. The van der Waals surface area contributed by atoms with E-state index >= 15 is 0 Å². The lowest BCUT2D eigenvalue weighted by Gasteiger charge is -2.28. The van der Waals surface area contributed by atoms with Crippen molar-refractivity contribution in [2.24, 2.45) is 0 Å². The van der Waals surface area contributed by atoms with Gasteiger partial charge in [-0.2, -0.15) is 0 Å². The van der Waals surface area contributed by atoms with Crippen molar-refractivity contribution in [3.63, 3.8) is 0 Å². The second-order valence-corrected chi connectivity index (χ2v) is 5.20. The summed E-state index contributed by atoms with van der Waals surface area (Å²) in [7, 11) is 0. The minimum absolute atomic E-state index is 0.201. The number of rotatable bonds is 5. The van der Waals surface area contributed by atoms with Gasteiger partial charge in [0.1, 0.15) is 12.7 Å². The zero-order chi connectivity index (χ0) is 13.8.